The van der Waals surface area contributed by atoms with Crippen molar-refractivity contribution in [2.75, 3.05) is 0 Å². The molecule has 0 spiro atoms. The van der Waals surface area contributed by atoms with E-state index in [1.165, 1.54) is 25.7 Å². The molecule has 28 heavy (non-hydrogen) atoms. The van der Waals surface area contributed by atoms with Gasteiger partial charge in [0.15, 0.2) is 0 Å². The molecule has 0 aliphatic heterocycles. The summed E-state index contributed by atoms with van der Waals surface area (Å²) in [5, 5.41) is 30.5. The zero-order valence-electron chi connectivity index (χ0n) is 17.9. The van der Waals surface area contributed by atoms with Crippen LogP contribution in [-0.4, -0.2) is 33.5 Å². The van der Waals surface area contributed by atoms with E-state index >= 15 is 0 Å². The maximum Gasteiger partial charge on any atom is 0.303 e. The van der Waals surface area contributed by atoms with E-state index in [1.807, 2.05) is 0 Å². The fourth-order valence-corrected chi connectivity index (χ4v) is 8.73. The molecule has 3 N–H and O–H groups in total. The Bertz CT molecular complexity index is 605. The second-order valence-electron chi connectivity index (χ2n) is 11.4. The van der Waals surface area contributed by atoms with Crippen LogP contribution in [-0.2, 0) is 4.79 Å². The summed E-state index contributed by atoms with van der Waals surface area (Å²) in [6, 6.07) is 0. The highest BCUT2D eigenvalue weighted by Crippen LogP contribution is 2.68. The number of fused-ring (bicyclic) bond motifs is 5. The molecule has 0 aromatic rings. The number of aliphatic carboxylic acids is 1. The van der Waals surface area contributed by atoms with Crippen molar-refractivity contribution in [3.63, 3.8) is 0 Å². The number of aliphatic hydroxyl groups excluding tert-OH is 2. The van der Waals surface area contributed by atoms with Crippen molar-refractivity contribution >= 4 is 5.97 Å². The van der Waals surface area contributed by atoms with Crippen molar-refractivity contribution < 1.29 is 20.1 Å². The van der Waals surface area contributed by atoms with Crippen LogP contribution in [0.1, 0.15) is 85.0 Å². The molecule has 0 aromatic carbocycles. The molecule has 10 atom stereocenters. The third kappa shape index (κ3) is 3.14. The van der Waals surface area contributed by atoms with Crippen molar-refractivity contribution in [3.05, 3.63) is 0 Å². The third-order valence-electron chi connectivity index (χ3n) is 10.2. The molecule has 4 aliphatic carbocycles. The summed E-state index contributed by atoms with van der Waals surface area (Å²) in [4.78, 5) is 11.1. The summed E-state index contributed by atoms with van der Waals surface area (Å²) < 4.78 is 0. The van der Waals surface area contributed by atoms with Crippen LogP contribution in [0.4, 0.5) is 0 Å². The maximum atomic E-state index is 11.2. The lowest BCUT2D eigenvalue weighted by Gasteiger charge is -2.62. The number of carboxylic acids is 1. The standard InChI is InChI=1S/C24H40O4/c1-14(4-7-21(27)28)17-5-6-18-22-19(9-11-24(17,18)3)23(2)10-8-16(25)12-15(23)13-20(22)26/h14-20,22,25-26H,4-13H2,1-3H3,(H,27,28)/t14-,15?,16?,17-,18+,19+,20?,22+,23+,24-/m1/s1. The Balaban J connectivity index is 1.55. The van der Waals surface area contributed by atoms with E-state index in [0.29, 0.717) is 35.5 Å². The van der Waals surface area contributed by atoms with E-state index < -0.39 is 5.97 Å². The van der Waals surface area contributed by atoms with Crippen LogP contribution in [0.3, 0.4) is 0 Å². The Morgan fingerprint density at radius 1 is 1.00 bits per heavy atom. The van der Waals surface area contributed by atoms with E-state index in [2.05, 4.69) is 20.8 Å². The van der Waals surface area contributed by atoms with Crippen molar-refractivity contribution in [1.29, 1.82) is 0 Å². The number of hydrogen-bond donors (Lipinski definition) is 3. The van der Waals surface area contributed by atoms with Gasteiger partial charge in [0.25, 0.3) is 0 Å². The van der Waals surface area contributed by atoms with Gasteiger partial charge in [0, 0.05) is 6.42 Å². The summed E-state index contributed by atoms with van der Waals surface area (Å²) in [5.74, 6) is 2.36. The first-order valence-corrected chi connectivity index (χ1v) is 11.7. The van der Waals surface area contributed by atoms with Crippen molar-refractivity contribution in [2.45, 2.75) is 97.2 Å². The smallest absolute Gasteiger partial charge is 0.303 e. The number of carbonyl (C=O) groups is 1. The van der Waals surface area contributed by atoms with Gasteiger partial charge in [-0.25, -0.2) is 0 Å². The molecule has 4 aliphatic rings. The molecule has 3 unspecified atom stereocenters. The predicted molar refractivity (Wildman–Crippen MR) is 109 cm³/mol. The highest BCUT2D eigenvalue weighted by Gasteiger charge is 2.62. The topological polar surface area (TPSA) is 77.8 Å². The molecule has 4 heteroatoms. The minimum absolute atomic E-state index is 0.179. The lowest BCUT2D eigenvalue weighted by Crippen LogP contribution is -2.58. The minimum Gasteiger partial charge on any atom is -0.481 e. The first kappa shape index (κ1) is 20.7. The molecule has 4 nitrogen and oxygen atoms in total. The predicted octanol–water partition coefficient (Wildman–Crippen LogP) is 4.48. The first-order chi connectivity index (χ1) is 13.2. The van der Waals surface area contributed by atoms with Gasteiger partial charge in [-0.3, -0.25) is 4.79 Å². The molecule has 0 radical (unpaired) electrons. The van der Waals surface area contributed by atoms with Gasteiger partial charge in [0.05, 0.1) is 12.2 Å². The van der Waals surface area contributed by atoms with Gasteiger partial charge in [-0.05, 0) is 104 Å². The van der Waals surface area contributed by atoms with Crippen LogP contribution in [0.2, 0.25) is 0 Å². The Morgan fingerprint density at radius 3 is 2.39 bits per heavy atom. The van der Waals surface area contributed by atoms with Crippen molar-refractivity contribution in [1.82, 2.24) is 0 Å². The summed E-state index contributed by atoms with van der Waals surface area (Å²) in [5.41, 5.74) is 0.523. The molecule has 4 rings (SSSR count). The molecule has 0 bridgehead atoms. The van der Waals surface area contributed by atoms with Crippen LogP contribution in [0.25, 0.3) is 0 Å². The highest BCUT2D eigenvalue weighted by atomic mass is 16.4. The monoisotopic (exact) mass is 392 g/mol. The number of aliphatic hydroxyl groups is 2. The van der Waals surface area contributed by atoms with Crippen LogP contribution < -0.4 is 0 Å². The van der Waals surface area contributed by atoms with Gasteiger partial charge >= 0.3 is 5.97 Å². The molecule has 0 amide bonds. The van der Waals surface area contributed by atoms with Gasteiger partial charge < -0.3 is 15.3 Å². The molecule has 4 saturated carbocycles. The molecule has 160 valence electrons. The molecule has 4 fully saturated rings. The molecule has 0 aromatic heterocycles. The van der Waals surface area contributed by atoms with Crippen LogP contribution in [0.5, 0.6) is 0 Å². The Kier molecular flexibility index (Phi) is 5.36. The molecular formula is C24H40O4. The number of hydrogen-bond acceptors (Lipinski definition) is 3. The van der Waals surface area contributed by atoms with Gasteiger partial charge in [-0.15, -0.1) is 0 Å². The van der Waals surface area contributed by atoms with Gasteiger partial charge in [-0.2, -0.15) is 0 Å². The van der Waals surface area contributed by atoms with Gasteiger partial charge in [0.2, 0.25) is 0 Å². The quantitative estimate of drug-likeness (QED) is 0.659. The average Bonchev–Trinajstić information content (AvgIpc) is 2.98. The van der Waals surface area contributed by atoms with E-state index in [-0.39, 0.29) is 29.5 Å². The van der Waals surface area contributed by atoms with Crippen LogP contribution in [0, 0.1) is 46.3 Å². The Morgan fingerprint density at radius 2 is 1.68 bits per heavy atom. The fourth-order valence-electron chi connectivity index (χ4n) is 8.73. The fraction of sp³-hybridized carbons (Fsp3) is 0.958. The molecule has 0 heterocycles. The van der Waals surface area contributed by atoms with E-state index in [4.69, 9.17) is 5.11 Å². The molecule has 0 saturated heterocycles. The van der Waals surface area contributed by atoms with E-state index in [1.54, 1.807) is 0 Å². The maximum absolute atomic E-state index is 11.2. The lowest BCUT2D eigenvalue weighted by molar-refractivity contribution is -0.174. The summed E-state index contributed by atoms with van der Waals surface area (Å²) in [7, 11) is 0. The van der Waals surface area contributed by atoms with Crippen LogP contribution in [0.15, 0.2) is 0 Å². The van der Waals surface area contributed by atoms with Gasteiger partial charge in [-0.1, -0.05) is 20.8 Å². The highest BCUT2D eigenvalue weighted by molar-refractivity contribution is 5.66. The second-order valence-corrected chi connectivity index (χ2v) is 11.4. The normalized spacial score (nSPS) is 51.7. The third-order valence-corrected chi connectivity index (χ3v) is 10.2. The zero-order chi connectivity index (χ0) is 20.3. The SMILES string of the molecule is C[C@H](CCC(=O)O)[C@H]1CC[C@H]2[C@@H]3C(O)CC4CC(O)CC[C@]4(C)[C@H]3CC[C@]12C. The lowest BCUT2D eigenvalue weighted by atomic mass is 9.43. The summed E-state index contributed by atoms with van der Waals surface area (Å²) >= 11 is 0. The summed E-state index contributed by atoms with van der Waals surface area (Å²) in [6.07, 6.45) is 9.19. The van der Waals surface area contributed by atoms with E-state index in [0.717, 1.165) is 32.1 Å². The number of carboxylic acid groups (broad SMARTS) is 1. The van der Waals surface area contributed by atoms with Gasteiger partial charge in [0.1, 0.15) is 0 Å². The first-order valence-electron chi connectivity index (χ1n) is 11.7. The van der Waals surface area contributed by atoms with E-state index in [9.17, 15) is 15.0 Å². The zero-order valence-corrected chi connectivity index (χ0v) is 17.9. The van der Waals surface area contributed by atoms with Crippen LogP contribution >= 0.6 is 0 Å². The average molecular weight is 393 g/mol. The minimum atomic E-state index is -0.684. The summed E-state index contributed by atoms with van der Waals surface area (Å²) in [6.45, 7) is 7.16. The largest absolute Gasteiger partial charge is 0.481 e. The van der Waals surface area contributed by atoms with Crippen molar-refractivity contribution in [2.24, 2.45) is 46.3 Å². The Labute approximate surface area is 170 Å². The molecular weight excluding hydrogens is 352 g/mol. The second kappa shape index (κ2) is 7.27. The number of rotatable bonds is 4. The Hall–Kier alpha value is -0.610. The van der Waals surface area contributed by atoms with Crippen molar-refractivity contribution in [3.8, 4) is 0 Å².